The van der Waals surface area contributed by atoms with Crippen LogP contribution < -0.4 is 5.32 Å². The molecule has 0 amide bonds. The first-order valence-corrected chi connectivity index (χ1v) is 7.33. The summed E-state index contributed by atoms with van der Waals surface area (Å²) in [5, 5.41) is 3.83. The molecule has 2 heteroatoms. The Hall–Kier alpha value is -0.0800. The topological polar surface area (TPSA) is 15.3 Å². The average Bonchev–Trinajstić information content (AvgIpc) is 3.02. The van der Waals surface area contributed by atoms with E-state index in [2.05, 4.69) is 17.1 Å². The molecule has 3 rings (SSSR count). The lowest BCUT2D eigenvalue weighted by molar-refractivity contribution is -0.0104. The van der Waals surface area contributed by atoms with E-state index in [0.717, 1.165) is 12.1 Å². The molecule has 2 saturated carbocycles. The van der Waals surface area contributed by atoms with Crippen LogP contribution in [0.15, 0.2) is 0 Å². The first-order valence-electron chi connectivity index (χ1n) is 7.33. The first kappa shape index (κ1) is 11.0. The van der Waals surface area contributed by atoms with Crippen molar-refractivity contribution < 1.29 is 0 Å². The Morgan fingerprint density at radius 2 is 1.94 bits per heavy atom. The van der Waals surface area contributed by atoms with Gasteiger partial charge in [0.2, 0.25) is 0 Å². The Kier molecular flexibility index (Phi) is 2.97. The fraction of sp³-hybridized carbons (Fsp3) is 1.00. The van der Waals surface area contributed by atoms with Crippen molar-refractivity contribution in [3.63, 3.8) is 0 Å². The van der Waals surface area contributed by atoms with Gasteiger partial charge in [0.15, 0.2) is 0 Å². The number of hydrogen-bond donors (Lipinski definition) is 1. The van der Waals surface area contributed by atoms with Crippen molar-refractivity contribution in [1.82, 2.24) is 10.2 Å². The van der Waals surface area contributed by atoms with E-state index in [0.29, 0.717) is 5.54 Å². The van der Waals surface area contributed by atoms with E-state index in [1.54, 1.807) is 0 Å². The van der Waals surface area contributed by atoms with Crippen LogP contribution in [0.4, 0.5) is 0 Å². The Morgan fingerprint density at radius 1 is 1.12 bits per heavy atom. The molecule has 1 atom stereocenters. The van der Waals surface area contributed by atoms with Crippen LogP contribution in [0.2, 0.25) is 0 Å². The van der Waals surface area contributed by atoms with Crippen LogP contribution in [-0.4, -0.2) is 35.6 Å². The van der Waals surface area contributed by atoms with Crippen molar-refractivity contribution in [1.29, 1.82) is 0 Å². The third-order valence-electron chi connectivity index (χ3n) is 5.08. The van der Waals surface area contributed by atoms with Crippen LogP contribution >= 0.6 is 0 Å². The number of nitrogens with zero attached hydrogens (tertiary/aromatic N) is 1. The van der Waals surface area contributed by atoms with E-state index < -0.39 is 0 Å². The predicted octanol–water partition coefficient (Wildman–Crippen LogP) is 2.54. The summed E-state index contributed by atoms with van der Waals surface area (Å²) < 4.78 is 0. The summed E-state index contributed by atoms with van der Waals surface area (Å²) in [6, 6.07) is 1.68. The lowest BCUT2D eigenvalue weighted by Crippen LogP contribution is -2.59. The number of rotatable bonds is 4. The lowest BCUT2D eigenvalue weighted by atomic mass is 9.72. The SMILES string of the molecule is CCC1(N2CCCC(NC3CC3)C2)CCC1. The average molecular weight is 222 g/mol. The molecule has 16 heavy (non-hydrogen) atoms. The van der Waals surface area contributed by atoms with Gasteiger partial charge in [-0.1, -0.05) is 6.92 Å². The van der Waals surface area contributed by atoms with Gasteiger partial charge in [0.25, 0.3) is 0 Å². The van der Waals surface area contributed by atoms with Gasteiger partial charge in [0, 0.05) is 24.2 Å². The van der Waals surface area contributed by atoms with Crippen molar-refractivity contribution >= 4 is 0 Å². The highest BCUT2D eigenvalue weighted by molar-refractivity contribution is 5.00. The molecule has 0 aromatic rings. The van der Waals surface area contributed by atoms with Crippen molar-refractivity contribution in [3.8, 4) is 0 Å². The van der Waals surface area contributed by atoms with Crippen LogP contribution in [0.5, 0.6) is 0 Å². The predicted molar refractivity (Wildman–Crippen MR) is 67.6 cm³/mol. The molecule has 0 aromatic carbocycles. The Labute approximate surface area is 99.8 Å². The van der Waals surface area contributed by atoms with Gasteiger partial charge in [-0.15, -0.1) is 0 Å². The summed E-state index contributed by atoms with van der Waals surface area (Å²) in [4.78, 5) is 2.82. The summed E-state index contributed by atoms with van der Waals surface area (Å²) >= 11 is 0. The van der Waals surface area contributed by atoms with E-state index in [-0.39, 0.29) is 0 Å². The Morgan fingerprint density at radius 3 is 2.50 bits per heavy atom. The van der Waals surface area contributed by atoms with E-state index >= 15 is 0 Å². The lowest BCUT2D eigenvalue weighted by Gasteiger charge is -2.53. The van der Waals surface area contributed by atoms with Crippen LogP contribution in [0.3, 0.4) is 0 Å². The zero-order chi connectivity index (χ0) is 11.0. The van der Waals surface area contributed by atoms with Gasteiger partial charge in [-0.3, -0.25) is 4.90 Å². The molecule has 0 aromatic heterocycles. The normalized spacial score (nSPS) is 34.7. The van der Waals surface area contributed by atoms with Gasteiger partial charge in [0.1, 0.15) is 0 Å². The summed E-state index contributed by atoms with van der Waals surface area (Å²) in [6.45, 7) is 5.07. The standard InChI is InChI=1S/C14H26N2/c1-2-14(8-4-9-14)16-10-3-5-13(11-16)15-12-6-7-12/h12-13,15H,2-11H2,1H3. The summed E-state index contributed by atoms with van der Waals surface area (Å²) in [7, 11) is 0. The summed E-state index contributed by atoms with van der Waals surface area (Å²) in [5.74, 6) is 0. The van der Waals surface area contributed by atoms with Crippen LogP contribution in [-0.2, 0) is 0 Å². The second-order valence-electron chi connectivity index (χ2n) is 6.16. The smallest absolute Gasteiger partial charge is 0.0207 e. The number of likely N-dealkylation sites (tertiary alicyclic amines) is 1. The zero-order valence-electron chi connectivity index (χ0n) is 10.7. The van der Waals surface area contributed by atoms with Crippen molar-refractivity contribution in [3.05, 3.63) is 0 Å². The molecule has 3 aliphatic rings. The fourth-order valence-corrected chi connectivity index (χ4v) is 3.61. The molecule has 1 N–H and O–H groups in total. The van der Waals surface area contributed by atoms with Gasteiger partial charge in [-0.25, -0.2) is 0 Å². The van der Waals surface area contributed by atoms with Crippen LogP contribution in [0, 0.1) is 0 Å². The first-order chi connectivity index (χ1) is 7.82. The molecule has 2 aliphatic carbocycles. The van der Waals surface area contributed by atoms with Crippen molar-refractivity contribution in [2.24, 2.45) is 0 Å². The van der Waals surface area contributed by atoms with Gasteiger partial charge < -0.3 is 5.32 Å². The van der Waals surface area contributed by atoms with E-state index in [9.17, 15) is 0 Å². The Balaban J connectivity index is 1.57. The third-order valence-corrected chi connectivity index (χ3v) is 5.08. The number of piperidine rings is 1. The van der Waals surface area contributed by atoms with Gasteiger partial charge >= 0.3 is 0 Å². The van der Waals surface area contributed by atoms with Gasteiger partial charge in [-0.05, 0) is 57.9 Å². The van der Waals surface area contributed by atoms with E-state index in [4.69, 9.17) is 0 Å². The highest BCUT2D eigenvalue weighted by Crippen LogP contribution is 2.41. The van der Waals surface area contributed by atoms with E-state index in [1.165, 1.54) is 64.5 Å². The third kappa shape index (κ3) is 2.02. The zero-order valence-corrected chi connectivity index (χ0v) is 10.7. The highest BCUT2D eigenvalue weighted by Gasteiger charge is 2.42. The molecule has 1 saturated heterocycles. The minimum atomic E-state index is 0.615. The Bertz CT molecular complexity index is 238. The van der Waals surface area contributed by atoms with Gasteiger partial charge in [0.05, 0.1) is 0 Å². The van der Waals surface area contributed by atoms with Gasteiger partial charge in [-0.2, -0.15) is 0 Å². The van der Waals surface area contributed by atoms with Crippen molar-refractivity contribution in [2.75, 3.05) is 13.1 Å². The summed E-state index contributed by atoms with van der Waals surface area (Å²) in [6.07, 6.45) is 11.4. The maximum atomic E-state index is 3.83. The highest BCUT2D eigenvalue weighted by atomic mass is 15.2. The second kappa shape index (κ2) is 4.30. The molecule has 2 nitrogen and oxygen atoms in total. The van der Waals surface area contributed by atoms with E-state index in [1.807, 2.05) is 0 Å². The monoisotopic (exact) mass is 222 g/mol. The molecular formula is C14H26N2. The minimum absolute atomic E-state index is 0.615. The molecule has 1 unspecified atom stereocenters. The van der Waals surface area contributed by atoms with Crippen LogP contribution in [0.1, 0.15) is 58.3 Å². The fourth-order valence-electron chi connectivity index (χ4n) is 3.61. The maximum absolute atomic E-state index is 3.83. The quantitative estimate of drug-likeness (QED) is 0.786. The molecule has 92 valence electrons. The molecule has 3 fully saturated rings. The summed E-state index contributed by atoms with van der Waals surface area (Å²) in [5.41, 5.74) is 0.615. The maximum Gasteiger partial charge on any atom is 0.0207 e. The molecule has 0 spiro atoms. The second-order valence-corrected chi connectivity index (χ2v) is 6.16. The van der Waals surface area contributed by atoms with Crippen molar-refractivity contribution in [2.45, 2.75) is 75.9 Å². The molecule has 1 heterocycles. The minimum Gasteiger partial charge on any atom is -0.310 e. The molecular weight excluding hydrogens is 196 g/mol. The molecule has 1 aliphatic heterocycles. The molecule has 0 bridgehead atoms. The van der Waals surface area contributed by atoms with Crippen LogP contribution in [0.25, 0.3) is 0 Å². The largest absolute Gasteiger partial charge is 0.310 e. The molecule has 0 radical (unpaired) electrons. The number of hydrogen-bond acceptors (Lipinski definition) is 2. The number of nitrogens with one attached hydrogen (secondary N) is 1.